The summed E-state index contributed by atoms with van der Waals surface area (Å²) in [6.07, 6.45) is 1.75. The molecule has 0 amide bonds. The summed E-state index contributed by atoms with van der Waals surface area (Å²) < 4.78 is 25.0. The van der Waals surface area contributed by atoms with Crippen molar-refractivity contribution in [3.63, 3.8) is 0 Å². The van der Waals surface area contributed by atoms with Crippen LogP contribution in [-0.4, -0.2) is 42.4 Å². The number of carboxylic acids is 1. The number of hydrogen-bond donors (Lipinski definition) is 1. The molecule has 1 aliphatic heterocycles. The van der Waals surface area contributed by atoms with Gasteiger partial charge >= 0.3 is 11.9 Å². The molecule has 45 heavy (non-hydrogen) atoms. The Kier molecular flexibility index (Phi) is 9.73. The van der Waals surface area contributed by atoms with Gasteiger partial charge in [-0.1, -0.05) is 35.6 Å². The van der Waals surface area contributed by atoms with Crippen LogP contribution in [0.3, 0.4) is 0 Å². The number of nitrogens with zero attached hydrogens (tertiary/aromatic N) is 2. The predicted molar refractivity (Wildman–Crippen MR) is 177 cm³/mol. The van der Waals surface area contributed by atoms with Crippen molar-refractivity contribution in [1.29, 1.82) is 0 Å². The quantitative estimate of drug-likeness (QED) is 0.184. The number of halogens is 1. The van der Waals surface area contributed by atoms with Crippen LogP contribution in [-0.2, 0) is 16.1 Å². The van der Waals surface area contributed by atoms with Gasteiger partial charge in [-0.25, -0.2) is 14.6 Å². The number of ether oxygens (including phenoxy) is 4. The molecule has 5 rings (SSSR count). The van der Waals surface area contributed by atoms with E-state index in [2.05, 4.69) is 27.6 Å². The maximum atomic E-state index is 14.0. The fourth-order valence-corrected chi connectivity index (χ4v) is 6.79. The first-order valence-electron chi connectivity index (χ1n) is 13.8. The van der Waals surface area contributed by atoms with E-state index >= 15 is 0 Å². The lowest BCUT2D eigenvalue weighted by atomic mass is 9.96. The molecule has 10 nitrogen and oxygen atoms in total. The average Bonchev–Trinajstić information content (AvgIpc) is 3.33. The number of benzene rings is 3. The van der Waals surface area contributed by atoms with Crippen LogP contribution in [0.1, 0.15) is 46.9 Å². The van der Waals surface area contributed by atoms with Crippen molar-refractivity contribution < 1.29 is 33.6 Å². The standard InChI is InChI=1S/C33H29IN2O8S/c1-5-43-32(40)27-18(2)35-33-36(28(27)21-9-11-23(41-3)12-10-21)30(37)26(45-33)16-20-14-24(34)29(25(15-20)42-4)44-17-19-7-6-8-22(13-19)31(38)39/h6-16,28H,5,17H2,1-4H3,(H,38,39)/b26-16-/t28-/m0/s1. The van der Waals surface area contributed by atoms with Gasteiger partial charge in [0.05, 0.1) is 51.8 Å². The number of rotatable bonds is 10. The van der Waals surface area contributed by atoms with E-state index in [1.54, 1.807) is 63.4 Å². The average molecular weight is 741 g/mol. The second-order valence-corrected chi connectivity index (χ2v) is 12.1. The highest BCUT2D eigenvalue weighted by Crippen LogP contribution is 2.35. The van der Waals surface area contributed by atoms with Crippen LogP contribution in [0.2, 0.25) is 0 Å². The highest BCUT2D eigenvalue weighted by Gasteiger charge is 2.33. The van der Waals surface area contributed by atoms with Crippen molar-refractivity contribution >= 4 is 51.9 Å². The molecule has 0 aliphatic carbocycles. The Morgan fingerprint density at radius 2 is 1.84 bits per heavy atom. The first kappa shape index (κ1) is 32.0. The molecule has 0 radical (unpaired) electrons. The zero-order valence-electron chi connectivity index (χ0n) is 24.8. The molecular weight excluding hydrogens is 711 g/mol. The molecule has 3 aromatic carbocycles. The van der Waals surface area contributed by atoms with E-state index in [9.17, 15) is 19.5 Å². The third-order valence-corrected chi connectivity index (χ3v) is 8.84. The molecule has 0 saturated carbocycles. The molecule has 12 heteroatoms. The molecule has 1 aliphatic rings. The molecule has 0 bridgehead atoms. The zero-order chi connectivity index (χ0) is 32.2. The van der Waals surface area contributed by atoms with Gasteiger partial charge in [0, 0.05) is 0 Å². The van der Waals surface area contributed by atoms with Crippen molar-refractivity contribution in [2.24, 2.45) is 4.99 Å². The number of fused-ring (bicyclic) bond motifs is 1. The molecular formula is C33H29IN2O8S. The van der Waals surface area contributed by atoms with Gasteiger partial charge in [0.25, 0.3) is 5.56 Å². The van der Waals surface area contributed by atoms with Gasteiger partial charge in [0.1, 0.15) is 12.4 Å². The summed E-state index contributed by atoms with van der Waals surface area (Å²) in [5.74, 6) is 0.0486. The molecule has 4 aromatic rings. The first-order valence-corrected chi connectivity index (χ1v) is 15.7. The monoisotopic (exact) mass is 740 g/mol. The number of aromatic nitrogens is 1. The fraction of sp³-hybridized carbons (Fsp3) is 0.212. The number of hydrogen-bond acceptors (Lipinski definition) is 9. The van der Waals surface area contributed by atoms with E-state index in [4.69, 9.17) is 18.9 Å². The van der Waals surface area contributed by atoms with E-state index in [-0.39, 0.29) is 24.3 Å². The lowest BCUT2D eigenvalue weighted by Gasteiger charge is -2.24. The summed E-state index contributed by atoms with van der Waals surface area (Å²) in [7, 11) is 3.09. The third kappa shape index (κ3) is 6.66. The fourth-order valence-electron chi connectivity index (χ4n) is 4.96. The molecule has 0 fully saturated rings. The number of carbonyl (C=O) groups excluding carboxylic acids is 1. The number of esters is 1. The number of allylic oxidation sites excluding steroid dienone is 1. The summed E-state index contributed by atoms with van der Waals surface area (Å²) >= 11 is 3.36. The number of carboxylic acid groups (broad SMARTS) is 1. The van der Waals surface area contributed by atoms with Crippen molar-refractivity contribution in [3.05, 3.63) is 117 Å². The number of methoxy groups -OCH3 is 2. The van der Waals surface area contributed by atoms with E-state index in [0.717, 1.165) is 3.57 Å². The van der Waals surface area contributed by atoms with Gasteiger partial charge in [0.2, 0.25) is 0 Å². The van der Waals surface area contributed by atoms with Crippen LogP contribution in [0.4, 0.5) is 0 Å². The Balaban J connectivity index is 1.55. The van der Waals surface area contributed by atoms with Crippen molar-refractivity contribution in [3.8, 4) is 17.2 Å². The largest absolute Gasteiger partial charge is 0.497 e. The van der Waals surface area contributed by atoms with Gasteiger partial charge < -0.3 is 24.1 Å². The van der Waals surface area contributed by atoms with Gasteiger partial charge in [-0.3, -0.25) is 9.36 Å². The second-order valence-electron chi connectivity index (χ2n) is 9.90. The predicted octanol–water partition coefficient (Wildman–Crippen LogP) is 4.70. The van der Waals surface area contributed by atoms with E-state index in [1.807, 2.05) is 18.2 Å². The minimum Gasteiger partial charge on any atom is -0.497 e. The summed E-state index contributed by atoms with van der Waals surface area (Å²) in [6, 6.07) is 16.6. The molecule has 0 unspecified atom stereocenters. The van der Waals surface area contributed by atoms with Crippen LogP contribution < -0.4 is 29.1 Å². The first-order chi connectivity index (χ1) is 21.6. The number of carbonyl (C=O) groups is 2. The van der Waals surface area contributed by atoms with E-state index < -0.39 is 18.0 Å². The Labute approximate surface area is 276 Å². The topological polar surface area (TPSA) is 126 Å². The SMILES string of the molecule is CCOC(=O)C1=C(C)N=c2s/c(=C\c3cc(I)c(OCc4cccc(C(=O)O)c4)c(OC)c3)c(=O)n2[C@H]1c1ccc(OC)cc1. The van der Waals surface area contributed by atoms with Gasteiger partial charge in [0.15, 0.2) is 16.3 Å². The van der Waals surface area contributed by atoms with Gasteiger partial charge in [-0.2, -0.15) is 0 Å². The molecule has 1 N–H and O–H groups in total. The van der Waals surface area contributed by atoms with Crippen LogP contribution in [0.15, 0.2) is 81.7 Å². The summed E-state index contributed by atoms with van der Waals surface area (Å²) in [4.78, 5) is 43.5. The summed E-state index contributed by atoms with van der Waals surface area (Å²) in [5, 5.41) is 9.29. The molecule has 0 spiro atoms. The van der Waals surface area contributed by atoms with Crippen molar-refractivity contribution in [2.45, 2.75) is 26.5 Å². The van der Waals surface area contributed by atoms with Crippen LogP contribution in [0.5, 0.6) is 17.2 Å². The van der Waals surface area contributed by atoms with Crippen LogP contribution in [0, 0.1) is 3.57 Å². The molecule has 1 atom stereocenters. The van der Waals surface area contributed by atoms with Crippen LogP contribution >= 0.6 is 33.9 Å². The summed E-state index contributed by atoms with van der Waals surface area (Å²) in [6.45, 7) is 3.79. The Bertz CT molecular complexity index is 2000. The smallest absolute Gasteiger partial charge is 0.338 e. The molecule has 232 valence electrons. The van der Waals surface area contributed by atoms with Gasteiger partial charge in [-0.15, -0.1) is 0 Å². The Morgan fingerprint density at radius 3 is 2.51 bits per heavy atom. The minimum atomic E-state index is -1.01. The Hall–Kier alpha value is -4.43. The summed E-state index contributed by atoms with van der Waals surface area (Å²) in [5.41, 5.74) is 2.76. The molecule has 2 heterocycles. The highest BCUT2D eigenvalue weighted by molar-refractivity contribution is 14.1. The maximum Gasteiger partial charge on any atom is 0.338 e. The van der Waals surface area contributed by atoms with Crippen LogP contribution in [0.25, 0.3) is 6.08 Å². The highest BCUT2D eigenvalue weighted by atomic mass is 127. The zero-order valence-corrected chi connectivity index (χ0v) is 27.8. The number of thiazole rings is 1. The molecule has 1 aromatic heterocycles. The second kappa shape index (κ2) is 13.7. The lowest BCUT2D eigenvalue weighted by molar-refractivity contribution is -0.139. The molecule has 0 saturated heterocycles. The lowest BCUT2D eigenvalue weighted by Crippen LogP contribution is -2.39. The van der Waals surface area contributed by atoms with Crippen molar-refractivity contribution in [1.82, 2.24) is 4.57 Å². The normalized spacial score (nSPS) is 14.4. The number of aromatic carboxylic acids is 1. The maximum absolute atomic E-state index is 14.0. The van der Waals surface area contributed by atoms with E-state index in [1.165, 1.54) is 29.1 Å². The third-order valence-electron chi connectivity index (χ3n) is 7.06. The van der Waals surface area contributed by atoms with Crippen molar-refractivity contribution in [2.75, 3.05) is 20.8 Å². The van der Waals surface area contributed by atoms with E-state index in [0.29, 0.717) is 54.5 Å². The minimum absolute atomic E-state index is 0.138. The van der Waals surface area contributed by atoms with Gasteiger partial charge in [-0.05, 0) is 95.6 Å². The Morgan fingerprint density at radius 1 is 1.09 bits per heavy atom.